The fourth-order valence-corrected chi connectivity index (χ4v) is 1.51. The SMILES string of the molecule is FC(F)(F)c1cc(CBr)cnc1Br. The van der Waals surface area contributed by atoms with Gasteiger partial charge in [-0.25, -0.2) is 4.98 Å². The van der Waals surface area contributed by atoms with Crippen molar-refractivity contribution in [3.05, 3.63) is 28.0 Å². The lowest BCUT2D eigenvalue weighted by Crippen LogP contribution is -2.07. The molecular formula is C7H4Br2F3N. The molecule has 0 unspecified atom stereocenters. The molecule has 0 aliphatic heterocycles. The lowest BCUT2D eigenvalue weighted by Gasteiger charge is -2.08. The summed E-state index contributed by atoms with van der Waals surface area (Å²) < 4.78 is 36.7. The molecule has 13 heavy (non-hydrogen) atoms. The molecule has 0 saturated heterocycles. The van der Waals surface area contributed by atoms with E-state index in [9.17, 15) is 13.2 Å². The Morgan fingerprint density at radius 3 is 2.46 bits per heavy atom. The molecule has 0 aliphatic rings. The van der Waals surface area contributed by atoms with Gasteiger partial charge in [-0.1, -0.05) is 15.9 Å². The van der Waals surface area contributed by atoms with E-state index in [2.05, 4.69) is 36.8 Å². The summed E-state index contributed by atoms with van der Waals surface area (Å²) in [5.74, 6) is 0. The first kappa shape index (κ1) is 11.0. The molecule has 0 atom stereocenters. The molecule has 1 aromatic heterocycles. The molecule has 0 amide bonds. The maximum absolute atomic E-state index is 12.3. The van der Waals surface area contributed by atoms with Crippen molar-refractivity contribution in [2.24, 2.45) is 0 Å². The zero-order chi connectivity index (χ0) is 10.1. The minimum absolute atomic E-state index is 0.176. The van der Waals surface area contributed by atoms with Crippen LogP contribution in [-0.4, -0.2) is 4.98 Å². The van der Waals surface area contributed by atoms with E-state index in [1.807, 2.05) is 0 Å². The van der Waals surface area contributed by atoms with Crippen LogP contribution in [0.25, 0.3) is 0 Å². The van der Waals surface area contributed by atoms with E-state index in [4.69, 9.17) is 0 Å². The Kier molecular flexibility index (Phi) is 3.34. The third-order valence-electron chi connectivity index (χ3n) is 1.36. The van der Waals surface area contributed by atoms with Crippen LogP contribution in [0.2, 0.25) is 0 Å². The van der Waals surface area contributed by atoms with E-state index in [-0.39, 0.29) is 4.60 Å². The fourth-order valence-electron chi connectivity index (χ4n) is 0.763. The second kappa shape index (κ2) is 3.96. The smallest absolute Gasteiger partial charge is 0.248 e. The molecule has 1 rings (SSSR count). The maximum atomic E-state index is 12.3. The van der Waals surface area contributed by atoms with Gasteiger partial charge < -0.3 is 0 Å². The van der Waals surface area contributed by atoms with Crippen molar-refractivity contribution in [1.82, 2.24) is 4.98 Å². The van der Waals surface area contributed by atoms with Crippen LogP contribution in [-0.2, 0) is 11.5 Å². The average molecular weight is 319 g/mol. The summed E-state index contributed by atoms with van der Waals surface area (Å²) in [6, 6.07) is 1.06. The Balaban J connectivity index is 3.19. The quantitative estimate of drug-likeness (QED) is 0.567. The minimum Gasteiger partial charge on any atom is -0.248 e. The van der Waals surface area contributed by atoms with E-state index in [1.54, 1.807) is 0 Å². The largest absolute Gasteiger partial charge is 0.419 e. The minimum atomic E-state index is -4.36. The first-order chi connectivity index (χ1) is 5.95. The van der Waals surface area contributed by atoms with Crippen molar-refractivity contribution in [3.8, 4) is 0 Å². The Morgan fingerprint density at radius 2 is 2.00 bits per heavy atom. The molecule has 1 heterocycles. The molecule has 0 N–H and O–H groups in total. The van der Waals surface area contributed by atoms with Crippen LogP contribution in [0.15, 0.2) is 16.9 Å². The van der Waals surface area contributed by atoms with Crippen molar-refractivity contribution in [3.63, 3.8) is 0 Å². The predicted molar refractivity (Wildman–Crippen MR) is 49.6 cm³/mol. The second-order valence-electron chi connectivity index (χ2n) is 2.31. The lowest BCUT2D eigenvalue weighted by molar-refractivity contribution is -0.138. The summed E-state index contributed by atoms with van der Waals surface area (Å²) in [5, 5.41) is 0.357. The molecule has 72 valence electrons. The van der Waals surface area contributed by atoms with Crippen LogP contribution in [0.4, 0.5) is 13.2 Å². The Bertz CT molecular complexity index is 311. The van der Waals surface area contributed by atoms with Gasteiger partial charge in [-0.3, -0.25) is 0 Å². The van der Waals surface area contributed by atoms with Gasteiger partial charge in [0.2, 0.25) is 0 Å². The summed E-state index contributed by atoms with van der Waals surface area (Å²) in [7, 11) is 0. The highest BCUT2D eigenvalue weighted by Gasteiger charge is 2.33. The zero-order valence-electron chi connectivity index (χ0n) is 6.20. The van der Waals surface area contributed by atoms with E-state index < -0.39 is 11.7 Å². The predicted octanol–water partition coefficient (Wildman–Crippen LogP) is 3.76. The number of hydrogen-bond acceptors (Lipinski definition) is 1. The van der Waals surface area contributed by atoms with Crippen molar-refractivity contribution < 1.29 is 13.2 Å². The van der Waals surface area contributed by atoms with Crippen LogP contribution in [0.3, 0.4) is 0 Å². The molecule has 0 aliphatic carbocycles. The number of pyridine rings is 1. The van der Waals surface area contributed by atoms with Gasteiger partial charge in [-0.15, -0.1) is 0 Å². The zero-order valence-corrected chi connectivity index (χ0v) is 9.37. The van der Waals surface area contributed by atoms with Crippen LogP contribution in [0, 0.1) is 0 Å². The van der Waals surface area contributed by atoms with Gasteiger partial charge in [0.15, 0.2) is 0 Å². The fraction of sp³-hybridized carbons (Fsp3) is 0.286. The van der Waals surface area contributed by atoms with Crippen LogP contribution in [0.5, 0.6) is 0 Å². The summed E-state index contributed by atoms with van der Waals surface area (Å²) >= 11 is 5.81. The highest BCUT2D eigenvalue weighted by atomic mass is 79.9. The normalized spacial score (nSPS) is 11.8. The average Bonchev–Trinajstić information content (AvgIpc) is 2.03. The molecule has 1 aromatic rings. The van der Waals surface area contributed by atoms with Gasteiger partial charge >= 0.3 is 6.18 Å². The number of aromatic nitrogens is 1. The van der Waals surface area contributed by atoms with Gasteiger partial charge in [-0.2, -0.15) is 13.2 Å². The highest BCUT2D eigenvalue weighted by Crippen LogP contribution is 2.34. The van der Waals surface area contributed by atoms with Gasteiger partial charge in [0.05, 0.1) is 5.56 Å². The van der Waals surface area contributed by atoms with Crippen LogP contribution < -0.4 is 0 Å². The van der Waals surface area contributed by atoms with E-state index >= 15 is 0 Å². The molecule has 0 fully saturated rings. The van der Waals surface area contributed by atoms with Crippen molar-refractivity contribution in [1.29, 1.82) is 0 Å². The topological polar surface area (TPSA) is 12.9 Å². The van der Waals surface area contributed by atoms with Crippen molar-refractivity contribution >= 4 is 31.9 Å². The number of rotatable bonds is 1. The Morgan fingerprint density at radius 1 is 1.38 bits per heavy atom. The molecule has 0 saturated carbocycles. The van der Waals surface area contributed by atoms with Gasteiger partial charge in [0.25, 0.3) is 0 Å². The Labute approximate surface area is 89.6 Å². The molecule has 0 aromatic carbocycles. The first-order valence-electron chi connectivity index (χ1n) is 3.22. The molecule has 1 nitrogen and oxygen atoms in total. The van der Waals surface area contributed by atoms with E-state index in [1.165, 1.54) is 6.20 Å². The summed E-state index contributed by atoms with van der Waals surface area (Å²) in [6.45, 7) is 0. The first-order valence-corrected chi connectivity index (χ1v) is 5.14. The molecule has 0 radical (unpaired) electrons. The van der Waals surface area contributed by atoms with Crippen molar-refractivity contribution in [2.45, 2.75) is 11.5 Å². The number of hydrogen-bond donors (Lipinski definition) is 0. The third-order valence-corrected chi connectivity index (χ3v) is 2.63. The van der Waals surface area contributed by atoms with Crippen LogP contribution >= 0.6 is 31.9 Å². The summed E-state index contributed by atoms with van der Waals surface area (Å²) in [5.41, 5.74) is -0.250. The standard InChI is InChI=1S/C7H4Br2F3N/c8-2-4-1-5(7(10,11)12)6(9)13-3-4/h1,3H,2H2. The van der Waals surface area contributed by atoms with Gasteiger partial charge in [0.1, 0.15) is 4.60 Å². The lowest BCUT2D eigenvalue weighted by atomic mass is 10.2. The van der Waals surface area contributed by atoms with Gasteiger partial charge in [0, 0.05) is 11.5 Å². The number of alkyl halides is 4. The second-order valence-corrected chi connectivity index (χ2v) is 3.63. The third kappa shape index (κ3) is 2.67. The summed E-state index contributed by atoms with van der Waals surface area (Å²) in [6.07, 6.45) is -2.97. The number of nitrogens with zero attached hydrogens (tertiary/aromatic N) is 1. The maximum Gasteiger partial charge on any atom is 0.419 e. The number of halogens is 5. The van der Waals surface area contributed by atoms with Crippen molar-refractivity contribution in [2.75, 3.05) is 0 Å². The van der Waals surface area contributed by atoms with E-state index in [0.717, 1.165) is 6.07 Å². The van der Waals surface area contributed by atoms with E-state index in [0.29, 0.717) is 10.9 Å². The molecule has 6 heteroatoms. The monoisotopic (exact) mass is 317 g/mol. The highest BCUT2D eigenvalue weighted by molar-refractivity contribution is 9.10. The molecular weight excluding hydrogens is 315 g/mol. The molecule has 0 spiro atoms. The molecule has 0 bridgehead atoms. The summed E-state index contributed by atoms with van der Waals surface area (Å²) in [4.78, 5) is 3.58. The Hall–Kier alpha value is -0.100. The van der Waals surface area contributed by atoms with Gasteiger partial charge in [-0.05, 0) is 27.6 Å². The van der Waals surface area contributed by atoms with Crippen LogP contribution in [0.1, 0.15) is 11.1 Å².